The first kappa shape index (κ1) is 14.0. The molecule has 0 bridgehead atoms. The predicted octanol–water partition coefficient (Wildman–Crippen LogP) is 2.45. The van der Waals surface area contributed by atoms with Gasteiger partial charge in [0.15, 0.2) is 0 Å². The quantitative estimate of drug-likeness (QED) is 0.251. The summed E-state index contributed by atoms with van der Waals surface area (Å²) in [6, 6.07) is 0. The van der Waals surface area contributed by atoms with Crippen molar-refractivity contribution >= 4 is 6.09 Å². The van der Waals surface area contributed by atoms with Crippen LogP contribution in [0.5, 0.6) is 0 Å². The van der Waals surface area contributed by atoms with E-state index in [-0.39, 0.29) is 0 Å². The van der Waals surface area contributed by atoms with Crippen LogP contribution in [0.1, 0.15) is 40.0 Å². The summed E-state index contributed by atoms with van der Waals surface area (Å²) >= 11 is 0. The second kappa shape index (κ2) is 6.45. The number of allylic oxidation sites excluding steroid dienone is 1. The Morgan fingerprint density at radius 3 is 2.53 bits per heavy atom. The van der Waals surface area contributed by atoms with Gasteiger partial charge in [-0.25, -0.2) is 15.6 Å². The van der Waals surface area contributed by atoms with E-state index in [2.05, 4.69) is 6.58 Å². The van der Waals surface area contributed by atoms with Gasteiger partial charge in [0.1, 0.15) is 5.60 Å². The van der Waals surface area contributed by atoms with Crippen molar-refractivity contribution in [2.75, 3.05) is 6.54 Å². The van der Waals surface area contributed by atoms with Crippen molar-refractivity contribution < 1.29 is 9.53 Å². The third kappa shape index (κ3) is 8.00. The number of hydrogen-bond donors (Lipinski definition) is 1. The van der Waals surface area contributed by atoms with Gasteiger partial charge in [-0.05, 0) is 40.0 Å². The van der Waals surface area contributed by atoms with Crippen LogP contribution in [0.4, 0.5) is 4.79 Å². The molecular formula is C11H22N2O2. The fourth-order valence-corrected chi connectivity index (χ4v) is 0.983. The minimum atomic E-state index is -0.490. The number of amides is 1. The zero-order chi connectivity index (χ0) is 11.9. The lowest BCUT2D eigenvalue weighted by Crippen LogP contribution is -2.41. The van der Waals surface area contributed by atoms with Crippen molar-refractivity contribution in [3.05, 3.63) is 12.7 Å². The number of hydrazine groups is 1. The molecular weight excluding hydrogens is 192 g/mol. The molecule has 0 rings (SSSR count). The van der Waals surface area contributed by atoms with Gasteiger partial charge < -0.3 is 4.74 Å². The lowest BCUT2D eigenvalue weighted by atomic mass is 10.2. The van der Waals surface area contributed by atoms with Gasteiger partial charge in [0.25, 0.3) is 0 Å². The van der Waals surface area contributed by atoms with Gasteiger partial charge >= 0.3 is 6.09 Å². The summed E-state index contributed by atoms with van der Waals surface area (Å²) in [5.74, 6) is 5.54. The molecule has 15 heavy (non-hydrogen) atoms. The molecule has 0 aromatic rings. The predicted molar refractivity (Wildman–Crippen MR) is 61.2 cm³/mol. The lowest BCUT2D eigenvalue weighted by Gasteiger charge is -2.24. The van der Waals surface area contributed by atoms with Gasteiger partial charge in [-0.15, -0.1) is 6.58 Å². The van der Waals surface area contributed by atoms with Crippen LogP contribution < -0.4 is 5.84 Å². The molecule has 4 heteroatoms. The highest BCUT2D eigenvalue weighted by atomic mass is 16.6. The van der Waals surface area contributed by atoms with E-state index in [9.17, 15) is 4.79 Å². The fourth-order valence-electron chi connectivity index (χ4n) is 0.983. The maximum absolute atomic E-state index is 11.4. The molecule has 0 radical (unpaired) electrons. The van der Waals surface area contributed by atoms with Crippen molar-refractivity contribution in [1.29, 1.82) is 0 Å². The Morgan fingerprint density at radius 2 is 2.07 bits per heavy atom. The molecule has 1 amide bonds. The molecule has 0 fully saturated rings. The summed E-state index contributed by atoms with van der Waals surface area (Å²) < 4.78 is 5.10. The summed E-state index contributed by atoms with van der Waals surface area (Å²) in [7, 11) is 0. The SMILES string of the molecule is C=CCCCCN(N)C(=O)OC(C)(C)C. The van der Waals surface area contributed by atoms with E-state index in [1.54, 1.807) is 0 Å². The second-order valence-corrected chi connectivity index (χ2v) is 4.46. The average Bonchev–Trinajstić information content (AvgIpc) is 2.09. The maximum atomic E-state index is 11.4. The Kier molecular flexibility index (Phi) is 6.01. The second-order valence-electron chi connectivity index (χ2n) is 4.46. The van der Waals surface area contributed by atoms with E-state index in [0.29, 0.717) is 6.54 Å². The number of rotatable bonds is 5. The normalized spacial score (nSPS) is 10.9. The van der Waals surface area contributed by atoms with Crippen LogP contribution in [0.3, 0.4) is 0 Å². The van der Waals surface area contributed by atoms with E-state index < -0.39 is 11.7 Å². The highest BCUT2D eigenvalue weighted by Gasteiger charge is 2.19. The van der Waals surface area contributed by atoms with Gasteiger partial charge in [-0.1, -0.05) is 6.08 Å². The Labute approximate surface area is 92.0 Å². The highest BCUT2D eigenvalue weighted by Crippen LogP contribution is 2.08. The smallest absolute Gasteiger partial charge is 0.424 e. The van der Waals surface area contributed by atoms with E-state index >= 15 is 0 Å². The summed E-state index contributed by atoms with van der Waals surface area (Å²) in [5.41, 5.74) is -0.490. The molecule has 0 spiro atoms. The van der Waals surface area contributed by atoms with Gasteiger partial charge in [-0.3, -0.25) is 0 Å². The topological polar surface area (TPSA) is 55.6 Å². The number of carbonyl (C=O) groups is 1. The molecule has 0 aliphatic rings. The van der Waals surface area contributed by atoms with Crippen molar-refractivity contribution in [2.45, 2.75) is 45.6 Å². The Balaban J connectivity index is 3.74. The fraction of sp³-hybridized carbons (Fsp3) is 0.727. The van der Waals surface area contributed by atoms with Gasteiger partial charge in [0.05, 0.1) is 0 Å². The van der Waals surface area contributed by atoms with E-state index in [1.807, 2.05) is 26.8 Å². The molecule has 0 aliphatic heterocycles. The van der Waals surface area contributed by atoms with Gasteiger partial charge in [0.2, 0.25) is 0 Å². The van der Waals surface area contributed by atoms with Crippen molar-refractivity contribution in [2.24, 2.45) is 5.84 Å². The number of nitrogens with two attached hydrogens (primary N) is 1. The molecule has 4 nitrogen and oxygen atoms in total. The zero-order valence-electron chi connectivity index (χ0n) is 9.95. The number of carbonyl (C=O) groups excluding carboxylic acids is 1. The Bertz CT molecular complexity index is 209. The van der Waals surface area contributed by atoms with Gasteiger partial charge in [-0.2, -0.15) is 0 Å². The van der Waals surface area contributed by atoms with Crippen molar-refractivity contribution in [3.63, 3.8) is 0 Å². The molecule has 88 valence electrons. The average molecular weight is 214 g/mol. The van der Waals surface area contributed by atoms with Crippen LogP contribution in [0.25, 0.3) is 0 Å². The minimum absolute atomic E-state index is 0.471. The molecule has 0 saturated heterocycles. The van der Waals surface area contributed by atoms with E-state index in [4.69, 9.17) is 10.6 Å². The van der Waals surface area contributed by atoms with Crippen LogP contribution in [0, 0.1) is 0 Å². The third-order valence-corrected chi connectivity index (χ3v) is 1.69. The molecule has 0 atom stereocenters. The highest BCUT2D eigenvalue weighted by molar-refractivity contribution is 5.67. The third-order valence-electron chi connectivity index (χ3n) is 1.69. The van der Waals surface area contributed by atoms with E-state index in [0.717, 1.165) is 24.3 Å². The van der Waals surface area contributed by atoms with E-state index in [1.165, 1.54) is 0 Å². The number of ether oxygens (including phenoxy) is 1. The molecule has 0 aliphatic carbocycles. The molecule has 0 unspecified atom stereocenters. The zero-order valence-corrected chi connectivity index (χ0v) is 9.95. The Morgan fingerprint density at radius 1 is 1.47 bits per heavy atom. The molecule has 0 aromatic heterocycles. The summed E-state index contributed by atoms with van der Waals surface area (Å²) in [4.78, 5) is 11.4. The van der Waals surface area contributed by atoms with Crippen molar-refractivity contribution in [3.8, 4) is 0 Å². The van der Waals surface area contributed by atoms with Gasteiger partial charge in [0, 0.05) is 6.54 Å². The first-order chi connectivity index (χ1) is 6.87. The molecule has 0 saturated carbocycles. The minimum Gasteiger partial charge on any atom is -0.443 e. The maximum Gasteiger partial charge on any atom is 0.424 e. The number of hydrogen-bond acceptors (Lipinski definition) is 3. The van der Waals surface area contributed by atoms with Crippen LogP contribution >= 0.6 is 0 Å². The first-order valence-corrected chi connectivity index (χ1v) is 5.23. The van der Waals surface area contributed by atoms with Crippen LogP contribution in [-0.2, 0) is 4.74 Å². The molecule has 0 heterocycles. The molecule has 0 aromatic carbocycles. The van der Waals surface area contributed by atoms with Crippen LogP contribution in [-0.4, -0.2) is 23.2 Å². The number of unbranched alkanes of at least 4 members (excludes halogenated alkanes) is 2. The Hall–Kier alpha value is -1.03. The standard InChI is InChI=1S/C11H22N2O2/c1-5-6-7-8-9-13(12)10(14)15-11(2,3)4/h5H,1,6-9,12H2,2-4H3. The van der Waals surface area contributed by atoms with Crippen LogP contribution in [0.2, 0.25) is 0 Å². The summed E-state index contributed by atoms with van der Waals surface area (Å²) in [6.07, 6.45) is 4.18. The summed E-state index contributed by atoms with van der Waals surface area (Å²) in [6.45, 7) is 9.59. The largest absolute Gasteiger partial charge is 0.443 e. The van der Waals surface area contributed by atoms with Crippen molar-refractivity contribution in [1.82, 2.24) is 5.01 Å². The molecule has 2 N–H and O–H groups in total. The monoisotopic (exact) mass is 214 g/mol. The lowest BCUT2D eigenvalue weighted by molar-refractivity contribution is 0.0245. The first-order valence-electron chi connectivity index (χ1n) is 5.23. The number of nitrogens with zero attached hydrogens (tertiary/aromatic N) is 1. The summed E-state index contributed by atoms with van der Waals surface area (Å²) in [5, 5.41) is 1.12. The van der Waals surface area contributed by atoms with Crippen LogP contribution in [0.15, 0.2) is 12.7 Å².